The summed E-state index contributed by atoms with van der Waals surface area (Å²) >= 11 is 6.02. The van der Waals surface area contributed by atoms with Crippen LogP contribution in [0.4, 0.5) is 11.4 Å². The first-order chi connectivity index (χ1) is 13.5. The zero-order valence-electron chi connectivity index (χ0n) is 15.9. The SMILES string of the molecule is CC(=O)N1c2ccc(-c3cccnc3)cc2[C@@H](Nc2ccc(Cl)cc2)C[C@H]1C. The Morgan fingerprint density at radius 1 is 1.14 bits per heavy atom. The van der Waals surface area contributed by atoms with Crippen molar-refractivity contribution in [2.45, 2.75) is 32.4 Å². The van der Waals surface area contributed by atoms with Crippen LogP contribution >= 0.6 is 11.6 Å². The summed E-state index contributed by atoms with van der Waals surface area (Å²) in [5, 5.41) is 4.33. The second-order valence-electron chi connectivity index (χ2n) is 7.19. The molecule has 0 spiro atoms. The first kappa shape index (κ1) is 18.5. The van der Waals surface area contributed by atoms with Crippen molar-refractivity contribution in [3.05, 3.63) is 77.6 Å². The molecule has 0 bridgehead atoms. The van der Waals surface area contributed by atoms with Gasteiger partial charge in [0.1, 0.15) is 0 Å². The van der Waals surface area contributed by atoms with Crippen molar-refractivity contribution >= 4 is 28.9 Å². The Morgan fingerprint density at radius 2 is 1.93 bits per heavy atom. The van der Waals surface area contributed by atoms with Crippen molar-refractivity contribution < 1.29 is 4.79 Å². The fourth-order valence-corrected chi connectivity index (χ4v) is 4.07. The molecule has 2 aromatic carbocycles. The summed E-state index contributed by atoms with van der Waals surface area (Å²) in [4.78, 5) is 18.4. The minimum absolute atomic E-state index is 0.0628. The molecule has 0 radical (unpaired) electrons. The lowest BCUT2D eigenvalue weighted by molar-refractivity contribution is -0.117. The number of aromatic nitrogens is 1. The summed E-state index contributed by atoms with van der Waals surface area (Å²) in [5.41, 5.74) is 5.24. The second kappa shape index (κ2) is 7.64. The molecular formula is C23H22ClN3O. The van der Waals surface area contributed by atoms with E-state index in [-0.39, 0.29) is 18.0 Å². The largest absolute Gasteiger partial charge is 0.378 e. The van der Waals surface area contributed by atoms with Crippen LogP contribution in [0.3, 0.4) is 0 Å². The minimum atomic E-state index is 0.0628. The number of nitrogens with one attached hydrogen (secondary N) is 1. The van der Waals surface area contributed by atoms with Crippen LogP contribution in [-0.2, 0) is 4.79 Å². The van der Waals surface area contributed by atoms with Gasteiger partial charge in [0.25, 0.3) is 0 Å². The summed E-state index contributed by atoms with van der Waals surface area (Å²) < 4.78 is 0. The Kier molecular flexibility index (Phi) is 5.05. The van der Waals surface area contributed by atoms with Gasteiger partial charge in [0, 0.05) is 41.8 Å². The van der Waals surface area contributed by atoms with Crippen molar-refractivity contribution in [3.63, 3.8) is 0 Å². The number of fused-ring (bicyclic) bond motifs is 1. The Balaban J connectivity index is 1.77. The molecule has 5 heteroatoms. The van der Waals surface area contributed by atoms with Crippen LogP contribution in [0.2, 0.25) is 5.02 Å². The molecule has 0 saturated heterocycles. The van der Waals surface area contributed by atoms with Crippen molar-refractivity contribution in [1.82, 2.24) is 4.98 Å². The molecule has 1 aliphatic heterocycles. The summed E-state index contributed by atoms with van der Waals surface area (Å²) in [6.45, 7) is 3.72. The van der Waals surface area contributed by atoms with Gasteiger partial charge in [0.2, 0.25) is 5.91 Å². The molecule has 1 aliphatic rings. The molecule has 1 aromatic heterocycles. The predicted molar refractivity (Wildman–Crippen MR) is 115 cm³/mol. The van der Waals surface area contributed by atoms with E-state index in [1.807, 2.05) is 53.6 Å². The molecule has 2 atom stereocenters. The van der Waals surface area contributed by atoms with Crippen LogP contribution < -0.4 is 10.2 Å². The smallest absolute Gasteiger partial charge is 0.224 e. The monoisotopic (exact) mass is 391 g/mol. The maximum absolute atomic E-state index is 12.3. The fourth-order valence-electron chi connectivity index (χ4n) is 3.94. The highest BCUT2D eigenvalue weighted by Gasteiger charge is 2.32. The maximum Gasteiger partial charge on any atom is 0.224 e. The third kappa shape index (κ3) is 3.60. The number of rotatable bonds is 3. The molecule has 0 fully saturated rings. The van der Waals surface area contributed by atoms with E-state index in [1.54, 1.807) is 13.1 Å². The van der Waals surface area contributed by atoms with Crippen molar-refractivity contribution in [2.75, 3.05) is 10.2 Å². The first-order valence-electron chi connectivity index (χ1n) is 9.39. The van der Waals surface area contributed by atoms with E-state index < -0.39 is 0 Å². The summed E-state index contributed by atoms with van der Waals surface area (Å²) in [7, 11) is 0. The van der Waals surface area contributed by atoms with Gasteiger partial charge in [-0.25, -0.2) is 0 Å². The first-order valence-corrected chi connectivity index (χ1v) is 9.77. The van der Waals surface area contributed by atoms with Crippen LogP contribution in [0.5, 0.6) is 0 Å². The van der Waals surface area contributed by atoms with E-state index in [0.29, 0.717) is 5.02 Å². The number of amides is 1. The molecule has 142 valence electrons. The van der Waals surface area contributed by atoms with Gasteiger partial charge in [0.15, 0.2) is 0 Å². The average molecular weight is 392 g/mol. The lowest BCUT2D eigenvalue weighted by atomic mass is 9.89. The molecule has 1 amide bonds. The molecule has 1 N–H and O–H groups in total. The third-order valence-electron chi connectivity index (χ3n) is 5.20. The molecule has 4 rings (SSSR count). The van der Waals surface area contributed by atoms with Gasteiger partial charge in [-0.1, -0.05) is 23.7 Å². The zero-order valence-corrected chi connectivity index (χ0v) is 16.6. The van der Waals surface area contributed by atoms with Crippen molar-refractivity contribution in [2.24, 2.45) is 0 Å². The number of hydrogen-bond acceptors (Lipinski definition) is 3. The highest BCUT2D eigenvalue weighted by molar-refractivity contribution is 6.30. The van der Waals surface area contributed by atoms with Crippen LogP contribution in [-0.4, -0.2) is 16.9 Å². The minimum Gasteiger partial charge on any atom is -0.378 e. The van der Waals surface area contributed by atoms with Crippen molar-refractivity contribution in [3.8, 4) is 11.1 Å². The Morgan fingerprint density at radius 3 is 2.61 bits per heavy atom. The number of benzene rings is 2. The lowest BCUT2D eigenvalue weighted by Gasteiger charge is -2.39. The number of pyridine rings is 1. The molecule has 3 aromatic rings. The predicted octanol–water partition coefficient (Wildman–Crippen LogP) is 5.70. The molecule has 0 saturated carbocycles. The van der Waals surface area contributed by atoms with Crippen molar-refractivity contribution in [1.29, 1.82) is 0 Å². The molecule has 4 nitrogen and oxygen atoms in total. The number of carbonyl (C=O) groups is 1. The van der Waals surface area contributed by atoms with Crippen LogP contribution in [0.1, 0.15) is 31.9 Å². The number of hydrogen-bond donors (Lipinski definition) is 1. The van der Waals surface area contributed by atoms with Crippen LogP contribution in [0.15, 0.2) is 67.0 Å². The maximum atomic E-state index is 12.3. The highest BCUT2D eigenvalue weighted by atomic mass is 35.5. The Bertz CT molecular complexity index is 988. The van der Waals surface area contributed by atoms with Gasteiger partial charge >= 0.3 is 0 Å². The third-order valence-corrected chi connectivity index (χ3v) is 5.45. The van der Waals surface area contributed by atoms with E-state index >= 15 is 0 Å². The second-order valence-corrected chi connectivity index (χ2v) is 7.63. The number of carbonyl (C=O) groups excluding carboxylic acids is 1. The van der Waals surface area contributed by atoms with E-state index in [1.165, 1.54) is 0 Å². The van der Waals surface area contributed by atoms with Gasteiger partial charge in [-0.3, -0.25) is 9.78 Å². The highest BCUT2D eigenvalue weighted by Crippen LogP contribution is 2.41. The normalized spacial score (nSPS) is 18.5. The quantitative estimate of drug-likeness (QED) is 0.622. The summed E-state index contributed by atoms with van der Waals surface area (Å²) in [6.07, 6.45) is 4.45. The Labute approximate surface area is 170 Å². The summed E-state index contributed by atoms with van der Waals surface area (Å²) in [6, 6.07) is 18.2. The molecule has 2 heterocycles. The number of halogens is 1. The van der Waals surface area contributed by atoms with Crippen LogP contribution in [0, 0.1) is 0 Å². The van der Waals surface area contributed by atoms with E-state index in [0.717, 1.165) is 34.5 Å². The molecule has 0 unspecified atom stereocenters. The van der Waals surface area contributed by atoms with Gasteiger partial charge in [-0.15, -0.1) is 0 Å². The van der Waals surface area contributed by atoms with Gasteiger partial charge in [-0.2, -0.15) is 0 Å². The number of anilines is 2. The van der Waals surface area contributed by atoms with E-state index in [9.17, 15) is 4.79 Å². The van der Waals surface area contributed by atoms with Gasteiger partial charge in [-0.05, 0) is 72.5 Å². The lowest BCUT2D eigenvalue weighted by Crippen LogP contribution is -2.43. The fraction of sp³-hybridized carbons (Fsp3) is 0.217. The van der Waals surface area contributed by atoms with E-state index in [4.69, 9.17) is 11.6 Å². The topological polar surface area (TPSA) is 45.2 Å². The molecular weight excluding hydrogens is 370 g/mol. The number of nitrogens with zero attached hydrogens (tertiary/aromatic N) is 2. The molecule has 0 aliphatic carbocycles. The van der Waals surface area contributed by atoms with Crippen LogP contribution in [0.25, 0.3) is 11.1 Å². The summed E-state index contributed by atoms with van der Waals surface area (Å²) in [5.74, 6) is 0.0628. The Hall–Kier alpha value is -2.85. The van der Waals surface area contributed by atoms with E-state index in [2.05, 4.69) is 29.4 Å². The van der Waals surface area contributed by atoms with Gasteiger partial charge < -0.3 is 10.2 Å². The molecule has 28 heavy (non-hydrogen) atoms. The van der Waals surface area contributed by atoms with Gasteiger partial charge in [0.05, 0.1) is 6.04 Å². The average Bonchev–Trinajstić information content (AvgIpc) is 2.70. The zero-order chi connectivity index (χ0) is 19.7. The standard InChI is InChI=1S/C23H22ClN3O/c1-15-12-22(26-20-8-6-19(24)7-9-20)21-13-17(18-4-3-11-25-14-18)5-10-23(21)27(15)16(2)28/h3-11,13-15,22,26H,12H2,1-2H3/t15-,22+/m1/s1.